The fourth-order valence-electron chi connectivity index (χ4n) is 1.35. The second-order valence-corrected chi connectivity index (χ2v) is 3.66. The number of hydrogen-bond acceptors (Lipinski definition) is 3. The standard InChI is InChI=1S/C12H8F4N2O/c13-7-2-1-3-8(4-7)19-10-5-11(12(14,15)16)18-6-9(10)17/h1-6H,17H2. The average Bonchev–Trinajstić information content (AvgIpc) is 2.30. The van der Waals surface area contributed by atoms with E-state index < -0.39 is 17.7 Å². The molecule has 3 nitrogen and oxygen atoms in total. The van der Waals surface area contributed by atoms with Crippen LogP contribution in [0.2, 0.25) is 0 Å². The molecule has 1 aromatic heterocycles. The van der Waals surface area contributed by atoms with Crippen molar-refractivity contribution in [3.05, 3.63) is 48.0 Å². The molecular formula is C12H8F4N2O. The van der Waals surface area contributed by atoms with E-state index in [1.165, 1.54) is 18.2 Å². The summed E-state index contributed by atoms with van der Waals surface area (Å²) in [5, 5.41) is 0. The van der Waals surface area contributed by atoms with Crippen LogP contribution < -0.4 is 10.5 Å². The molecule has 7 heteroatoms. The maximum atomic E-state index is 12.9. The lowest BCUT2D eigenvalue weighted by Crippen LogP contribution is -2.08. The van der Waals surface area contributed by atoms with Crippen LogP contribution in [0.1, 0.15) is 5.69 Å². The number of nitrogens with zero attached hydrogens (tertiary/aromatic N) is 1. The Morgan fingerprint density at radius 2 is 1.89 bits per heavy atom. The van der Waals surface area contributed by atoms with E-state index in [9.17, 15) is 17.6 Å². The van der Waals surface area contributed by atoms with Gasteiger partial charge in [0.2, 0.25) is 0 Å². The highest BCUT2D eigenvalue weighted by atomic mass is 19.4. The first-order chi connectivity index (χ1) is 8.86. The van der Waals surface area contributed by atoms with Crippen LogP contribution in [0.4, 0.5) is 23.2 Å². The molecule has 0 saturated carbocycles. The van der Waals surface area contributed by atoms with Crippen LogP contribution in [0.15, 0.2) is 36.5 Å². The molecule has 2 N–H and O–H groups in total. The van der Waals surface area contributed by atoms with E-state index in [1.807, 2.05) is 0 Å². The van der Waals surface area contributed by atoms with E-state index >= 15 is 0 Å². The number of aromatic nitrogens is 1. The summed E-state index contributed by atoms with van der Waals surface area (Å²) in [6.07, 6.45) is -3.76. The summed E-state index contributed by atoms with van der Waals surface area (Å²) in [6.45, 7) is 0. The number of alkyl halides is 3. The van der Waals surface area contributed by atoms with Crippen LogP contribution in [-0.4, -0.2) is 4.98 Å². The Morgan fingerprint density at radius 1 is 1.16 bits per heavy atom. The molecule has 0 amide bonds. The van der Waals surface area contributed by atoms with Gasteiger partial charge in [-0.3, -0.25) is 0 Å². The molecule has 0 radical (unpaired) electrons. The average molecular weight is 272 g/mol. The molecule has 0 atom stereocenters. The van der Waals surface area contributed by atoms with E-state index in [4.69, 9.17) is 10.5 Å². The van der Waals surface area contributed by atoms with E-state index in [0.717, 1.165) is 12.3 Å². The quantitative estimate of drug-likeness (QED) is 0.849. The summed E-state index contributed by atoms with van der Waals surface area (Å²) >= 11 is 0. The molecule has 0 aliphatic heterocycles. The van der Waals surface area contributed by atoms with Gasteiger partial charge in [-0.25, -0.2) is 9.37 Å². The molecule has 0 aliphatic carbocycles. The lowest BCUT2D eigenvalue weighted by Gasteiger charge is -2.11. The zero-order valence-electron chi connectivity index (χ0n) is 9.41. The van der Waals surface area contributed by atoms with Crippen molar-refractivity contribution < 1.29 is 22.3 Å². The summed E-state index contributed by atoms with van der Waals surface area (Å²) in [5.41, 5.74) is 4.27. The Balaban J connectivity index is 2.34. The van der Waals surface area contributed by atoms with E-state index in [-0.39, 0.29) is 17.2 Å². The van der Waals surface area contributed by atoms with Gasteiger partial charge in [0.15, 0.2) is 5.75 Å². The smallest absolute Gasteiger partial charge is 0.433 e. The third kappa shape index (κ3) is 3.12. The summed E-state index contributed by atoms with van der Waals surface area (Å²) in [6, 6.07) is 5.65. The third-order valence-corrected chi connectivity index (χ3v) is 2.21. The molecule has 1 heterocycles. The van der Waals surface area contributed by atoms with E-state index in [0.29, 0.717) is 6.07 Å². The molecule has 1 aromatic carbocycles. The third-order valence-electron chi connectivity index (χ3n) is 2.21. The molecule has 100 valence electrons. The molecule has 0 saturated heterocycles. The zero-order chi connectivity index (χ0) is 14.0. The van der Waals surface area contributed by atoms with Gasteiger partial charge in [-0.15, -0.1) is 0 Å². The van der Waals surface area contributed by atoms with E-state index in [1.54, 1.807) is 0 Å². The number of pyridine rings is 1. The fourth-order valence-corrected chi connectivity index (χ4v) is 1.35. The SMILES string of the molecule is Nc1cnc(C(F)(F)F)cc1Oc1cccc(F)c1. The van der Waals surface area contributed by atoms with Crippen molar-refractivity contribution >= 4 is 5.69 Å². The number of nitrogen functional groups attached to an aromatic ring is 1. The van der Waals surface area contributed by atoms with Gasteiger partial charge in [-0.05, 0) is 12.1 Å². The van der Waals surface area contributed by atoms with Crippen molar-refractivity contribution in [2.24, 2.45) is 0 Å². The van der Waals surface area contributed by atoms with Crippen LogP contribution in [0, 0.1) is 5.82 Å². The number of anilines is 1. The Labute approximate surface area is 105 Å². The fraction of sp³-hybridized carbons (Fsp3) is 0.0833. The molecule has 2 rings (SSSR count). The lowest BCUT2D eigenvalue weighted by atomic mass is 10.3. The summed E-state index contributed by atoms with van der Waals surface area (Å²) in [4.78, 5) is 3.17. The molecule has 0 spiro atoms. The molecule has 0 bridgehead atoms. The molecule has 0 fully saturated rings. The molecule has 0 aliphatic rings. The van der Waals surface area contributed by atoms with Crippen molar-refractivity contribution in [3.8, 4) is 11.5 Å². The van der Waals surface area contributed by atoms with Crippen molar-refractivity contribution in [1.29, 1.82) is 0 Å². The van der Waals surface area contributed by atoms with Crippen molar-refractivity contribution in [2.45, 2.75) is 6.18 Å². The van der Waals surface area contributed by atoms with Crippen molar-refractivity contribution in [3.63, 3.8) is 0 Å². The molecular weight excluding hydrogens is 264 g/mol. The number of benzene rings is 1. The zero-order valence-corrected chi connectivity index (χ0v) is 9.41. The van der Waals surface area contributed by atoms with Crippen molar-refractivity contribution in [2.75, 3.05) is 5.73 Å². The first-order valence-corrected chi connectivity index (χ1v) is 5.12. The Bertz CT molecular complexity index is 599. The molecule has 19 heavy (non-hydrogen) atoms. The van der Waals surface area contributed by atoms with Gasteiger partial charge in [-0.1, -0.05) is 6.07 Å². The second kappa shape index (κ2) is 4.75. The largest absolute Gasteiger partial charge is 0.455 e. The summed E-state index contributed by atoms with van der Waals surface area (Å²) in [7, 11) is 0. The maximum Gasteiger partial charge on any atom is 0.433 e. The second-order valence-electron chi connectivity index (χ2n) is 3.66. The highest BCUT2D eigenvalue weighted by Gasteiger charge is 2.33. The van der Waals surface area contributed by atoms with Gasteiger partial charge in [0.1, 0.15) is 17.3 Å². The highest BCUT2D eigenvalue weighted by molar-refractivity contribution is 5.53. The normalized spacial score (nSPS) is 11.4. The predicted molar refractivity (Wildman–Crippen MR) is 60.1 cm³/mol. The van der Waals surface area contributed by atoms with Crippen LogP contribution in [-0.2, 0) is 6.18 Å². The summed E-state index contributed by atoms with van der Waals surface area (Å²) < 4.78 is 55.5. The maximum absolute atomic E-state index is 12.9. The minimum atomic E-state index is -4.60. The minimum absolute atomic E-state index is 0.0472. The number of nitrogens with two attached hydrogens (primary N) is 1. The first-order valence-electron chi connectivity index (χ1n) is 5.12. The lowest BCUT2D eigenvalue weighted by molar-refractivity contribution is -0.141. The first kappa shape index (κ1) is 13.1. The van der Waals surface area contributed by atoms with Gasteiger partial charge in [0, 0.05) is 12.1 Å². The number of halogens is 4. The highest BCUT2D eigenvalue weighted by Crippen LogP contribution is 2.34. The topological polar surface area (TPSA) is 48.1 Å². The minimum Gasteiger partial charge on any atom is -0.455 e. The van der Waals surface area contributed by atoms with Crippen LogP contribution >= 0.6 is 0 Å². The van der Waals surface area contributed by atoms with Gasteiger partial charge in [0.25, 0.3) is 0 Å². The Kier molecular flexibility index (Phi) is 3.28. The van der Waals surface area contributed by atoms with E-state index in [2.05, 4.69) is 4.98 Å². The Morgan fingerprint density at radius 3 is 2.53 bits per heavy atom. The van der Waals surface area contributed by atoms with Crippen LogP contribution in [0.3, 0.4) is 0 Å². The van der Waals surface area contributed by atoms with Crippen molar-refractivity contribution in [1.82, 2.24) is 4.98 Å². The number of ether oxygens (including phenoxy) is 1. The predicted octanol–water partition coefficient (Wildman–Crippen LogP) is 3.61. The molecule has 2 aromatic rings. The van der Waals surface area contributed by atoms with Crippen LogP contribution in [0.25, 0.3) is 0 Å². The monoisotopic (exact) mass is 272 g/mol. The molecule has 0 unspecified atom stereocenters. The number of rotatable bonds is 2. The van der Waals surface area contributed by atoms with Gasteiger partial charge >= 0.3 is 6.18 Å². The number of hydrogen-bond donors (Lipinski definition) is 1. The van der Waals surface area contributed by atoms with Gasteiger partial charge < -0.3 is 10.5 Å². The van der Waals surface area contributed by atoms with Crippen LogP contribution in [0.5, 0.6) is 11.5 Å². The van der Waals surface area contributed by atoms with Gasteiger partial charge in [-0.2, -0.15) is 13.2 Å². The van der Waals surface area contributed by atoms with Gasteiger partial charge in [0.05, 0.1) is 11.9 Å². The summed E-state index contributed by atoms with van der Waals surface area (Å²) in [5.74, 6) is -0.750. The Hall–Kier alpha value is -2.31.